The summed E-state index contributed by atoms with van der Waals surface area (Å²) in [6, 6.07) is 7.69. The topological polar surface area (TPSA) is 18.5 Å². The van der Waals surface area contributed by atoms with E-state index in [-0.39, 0.29) is 6.10 Å². The predicted octanol–water partition coefficient (Wildman–Crippen LogP) is 3.38. The van der Waals surface area contributed by atoms with Gasteiger partial charge in [0.1, 0.15) is 18.5 Å². The molecule has 0 amide bonds. The van der Waals surface area contributed by atoms with Crippen LogP contribution in [0.1, 0.15) is 6.92 Å². The van der Waals surface area contributed by atoms with Crippen molar-refractivity contribution in [3.63, 3.8) is 0 Å². The molecule has 0 aliphatic heterocycles. The molecule has 76 valence electrons. The lowest BCUT2D eigenvalue weighted by molar-refractivity contribution is 0.103. The smallest absolute Gasteiger partial charge is 0.129 e. The summed E-state index contributed by atoms with van der Waals surface area (Å²) >= 11 is 3.36. The number of halogens is 1. The van der Waals surface area contributed by atoms with Crippen molar-refractivity contribution in [3.8, 4) is 5.75 Å². The maximum Gasteiger partial charge on any atom is 0.129 e. The molecule has 0 saturated carbocycles. The summed E-state index contributed by atoms with van der Waals surface area (Å²) in [5, 5.41) is 0. The van der Waals surface area contributed by atoms with Gasteiger partial charge in [0.15, 0.2) is 0 Å². The zero-order valence-electron chi connectivity index (χ0n) is 8.07. The molecule has 0 aromatic heterocycles. The lowest BCUT2D eigenvalue weighted by atomic mass is 10.3. The van der Waals surface area contributed by atoms with Gasteiger partial charge in [0.05, 0.1) is 6.26 Å². The second-order valence-electron chi connectivity index (χ2n) is 2.88. The Hall–Kier alpha value is -0.960. The van der Waals surface area contributed by atoms with Crippen LogP contribution in [0.25, 0.3) is 0 Å². The molecule has 1 unspecified atom stereocenters. The molecule has 0 fully saturated rings. The van der Waals surface area contributed by atoms with Crippen molar-refractivity contribution in [3.05, 3.63) is 41.6 Å². The van der Waals surface area contributed by atoms with E-state index in [4.69, 9.17) is 9.47 Å². The molecule has 0 saturated heterocycles. The Morgan fingerprint density at radius 3 is 2.64 bits per heavy atom. The third kappa shape index (κ3) is 3.83. The molecule has 0 N–H and O–H groups in total. The molecule has 0 heterocycles. The van der Waals surface area contributed by atoms with E-state index in [1.54, 1.807) is 0 Å². The Morgan fingerprint density at radius 2 is 2.07 bits per heavy atom. The largest absolute Gasteiger partial charge is 0.495 e. The van der Waals surface area contributed by atoms with Crippen molar-refractivity contribution < 1.29 is 9.47 Å². The highest BCUT2D eigenvalue weighted by Crippen LogP contribution is 2.16. The molecule has 2 nitrogen and oxygen atoms in total. The minimum Gasteiger partial charge on any atom is -0.495 e. The van der Waals surface area contributed by atoms with Gasteiger partial charge >= 0.3 is 0 Å². The predicted molar refractivity (Wildman–Crippen MR) is 60.4 cm³/mol. The second kappa shape index (κ2) is 5.70. The lowest BCUT2D eigenvalue weighted by Gasteiger charge is -2.12. The fourth-order valence-electron chi connectivity index (χ4n) is 0.948. The lowest BCUT2D eigenvalue weighted by Crippen LogP contribution is -2.15. The molecule has 0 bridgehead atoms. The first-order valence-corrected chi connectivity index (χ1v) is 5.16. The number of hydrogen-bond acceptors (Lipinski definition) is 2. The Morgan fingerprint density at radius 1 is 1.43 bits per heavy atom. The minimum atomic E-state index is 0.0242. The number of rotatable bonds is 5. The number of benzene rings is 1. The van der Waals surface area contributed by atoms with E-state index in [2.05, 4.69) is 22.5 Å². The summed E-state index contributed by atoms with van der Waals surface area (Å²) in [4.78, 5) is 0. The summed E-state index contributed by atoms with van der Waals surface area (Å²) in [6.45, 7) is 5.94. The van der Waals surface area contributed by atoms with Crippen LogP contribution in [0.15, 0.2) is 41.6 Å². The van der Waals surface area contributed by atoms with Crippen molar-refractivity contribution in [2.45, 2.75) is 13.0 Å². The Labute approximate surface area is 92.7 Å². The highest BCUT2D eigenvalue weighted by Gasteiger charge is 2.01. The molecule has 3 heteroatoms. The van der Waals surface area contributed by atoms with E-state index in [1.807, 2.05) is 31.2 Å². The van der Waals surface area contributed by atoms with Gasteiger partial charge < -0.3 is 9.47 Å². The zero-order chi connectivity index (χ0) is 10.4. The second-order valence-corrected chi connectivity index (χ2v) is 3.79. The number of ether oxygens (including phenoxy) is 2. The SMILES string of the molecule is C=COC(C)COc1ccc(Br)cc1. The molecule has 0 aliphatic rings. The van der Waals surface area contributed by atoms with Crippen LogP contribution in [0.5, 0.6) is 5.75 Å². The van der Waals surface area contributed by atoms with Crippen LogP contribution in [0, 0.1) is 0 Å². The van der Waals surface area contributed by atoms with Gasteiger partial charge in [-0.2, -0.15) is 0 Å². The Bertz CT molecular complexity index is 282. The van der Waals surface area contributed by atoms with Crippen molar-refractivity contribution in [1.82, 2.24) is 0 Å². The Balaban J connectivity index is 2.37. The van der Waals surface area contributed by atoms with Crippen LogP contribution in [0.3, 0.4) is 0 Å². The molecule has 1 rings (SSSR count). The van der Waals surface area contributed by atoms with Gasteiger partial charge in [-0.15, -0.1) is 0 Å². The Kier molecular flexibility index (Phi) is 4.53. The van der Waals surface area contributed by atoms with E-state index in [0.717, 1.165) is 10.2 Å². The average Bonchev–Trinajstić information content (AvgIpc) is 2.17. The monoisotopic (exact) mass is 256 g/mol. The van der Waals surface area contributed by atoms with E-state index < -0.39 is 0 Å². The molecular formula is C11H13BrO2. The summed E-state index contributed by atoms with van der Waals surface area (Å²) in [7, 11) is 0. The van der Waals surface area contributed by atoms with Crippen molar-refractivity contribution in [1.29, 1.82) is 0 Å². The molecular weight excluding hydrogens is 244 g/mol. The molecule has 14 heavy (non-hydrogen) atoms. The first-order chi connectivity index (χ1) is 6.72. The molecule has 1 aromatic carbocycles. The molecule has 1 atom stereocenters. The van der Waals surface area contributed by atoms with Crippen LogP contribution in [0.4, 0.5) is 0 Å². The van der Waals surface area contributed by atoms with Crippen molar-refractivity contribution in [2.75, 3.05) is 6.61 Å². The van der Waals surface area contributed by atoms with E-state index in [1.165, 1.54) is 6.26 Å². The minimum absolute atomic E-state index is 0.0242. The van der Waals surface area contributed by atoms with Crippen LogP contribution in [-0.2, 0) is 4.74 Å². The first kappa shape index (κ1) is 11.1. The standard InChI is InChI=1S/C11H13BrO2/c1-3-13-9(2)8-14-11-6-4-10(12)5-7-11/h3-7,9H,1,8H2,2H3. The van der Waals surface area contributed by atoms with E-state index >= 15 is 0 Å². The van der Waals surface area contributed by atoms with Gasteiger partial charge in [0.2, 0.25) is 0 Å². The van der Waals surface area contributed by atoms with E-state index in [9.17, 15) is 0 Å². The number of hydrogen-bond donors (Lipinski definition) is 0. The van der Waals surface area contributed by atoms with Crippen LogP contribution >= 0.6 is 15.9 Å². The van der Waals surface area contributed by atoms with Crippen LogP contribution in [-0.4, -0.2) is 12.7 Å². The fourth-order valence-corrected chi connectivity index (χ4v) is 1.21. The zero-order valence-corrected chi connectivity index (χ0v) is 9.66. The quantitative estimate of drug-likeness (QED) is 0.753. The summed E-state index contributed by atoms with van der Waals surface area (Å²) in [6.07, 6.45) is 1.45. The van der Waals surface area contributed by atoms with Gasteiger partial charge in [-0.1, -0.05) is 22.5 Å². The maximum atomic E-state index is 5.48. The van der Waals surface area contributed by atoms with Gasteiger partial charge in [-0.3, -0.25) is 0 Å². The summed E-state index contributed by atoms with van der Waals surface area (Å²) in [5.41, 5.74) is 0. The summed E-state index contributed by atoms with van der Waals surface area (Å²) in [5.74, 6) is 0.840. The van der Waals surface area contributed by atoms with Crippen molar-refractivity contribution >= 4 is 15.9 Å². The average molecular weight is 257 g/mol. The normalized spacial score (nSPS) is 11.9. The third-order valence-electron chi connectivity index (χ3n) is 1.63. The van der Waals surface area contributed by atoms with Crippen LogP contribution < -0.4 is 4.74 Å². The van der Waals surface area contributed by atoms with Gasteiger partial charge in [0.25, 0.3) is 0 Å². The fraction of sp³-hybridized carbons (Fsp3) is 0.273. The highest BCUT2D eigenvalue weighted by atomic mass is 79.9. The van der Waals surface area contributed by atoms with Crippen LogP contribution in [0.2, 0.25) is 0 Å². The molecule has 0 radical (unpaired) electrons. The molecule has 1 aromatic rings. The highest BCUT2D eigenvalue weighted by molar-refractivity contribution is 9.10. The first-order valence-electron chi connectivity index (χ1n) is 4.37. The maximum absolute atomic E-state index is 5.48. The van der Waals surface area contributed by atoms with Gasteiger partial charge in [-0.05, 0) is 31.2 Å². The molecule has 0 aliphatic carbocycles. The van der Waals surface area contributed by atoms with Gasteiger partial charge in [0, 0.05) is 4.47 Å². The molecule has 0 spiro atoms. The van der Waals surface area contributed by atoms with Gasteiger partial charge in [-0.25, -0.2) is 0 Å². The van der Waals surface area contributed by atoms with E-state index in [0.29, 0.717) is 6.61 Å². The summed E-state index contributed by atoms with van der Waals surface area (Å²) < 4.78 is 11.6. The third-order valence-corrected chi connectivity index (χ3v) is 2.16. The van der Waals surface area contributed by atoms with Crippen molar-refractivity contribution in [2.24, 2.45) is 0 Å².